The second-order valence-electron chi connectivity index (χ2n) is 4.33. The van der Waals surface area contributed by atoms with Crippen molar-refractivity contribution in [2.75, 3.05) is 14.2 Å². The van der Waals surface area contributed by atoms with Crippen LogP contribution in [0.3, 0.4) is 0 Å². The molecule has 1 aromatic heterocycles. The van der Waals surface area contributed by atoms with Gasteiger partial charge >= 0.3 is 6.61 Å². The zero-order valence-electron chi connectivity index (χ0n) is 11.7. The van der Waals surface area contributed by atoms with Crippen molar-refractivity contribution in [1.29, 1.82) is 0 Å². The number of hydrogen-bond acceptors (Lipinski definition) is 4. The molecule has 112 valence electrons. The topological polar surface area (TPSA) is 43.4 Å². The first-order valence-electron chi connectivity index (χ1n) is 6.35. The van der Waals surface area contributed by atoms with Gasteiger partial charge in [-0.05, 0) is 36.4 Å². The number of alkyl halides is 2. The van der Waals surface area contributed by atoms with E-state index >= 15 is 0 Å². The van der Waals surface area contributed by atoms with E-state index in [-0.39, 0.29) is 11.8 Å². The third-order valence-corrected chi connectivity index (χ3v) is 3.01. The highest BCUT2D eigenvalue weighted by atomic mass is 19.3. The number of hydrogen-bond donors (Lipinski definition) is 1. The van der Waals surface area contributed by atoms with Gasteiger partial charge in [0.05, 0.1) is 19.3 Å². The summed E-state index contributed by atoms with van der Waals surface area (Å²) in [6, 6.07) is 8.21. The fourth-order valence-electron chi connectivity index (χ4n) is 2.10. The predicted molar refractivity (Wildman–Crippen MR) is 74.8 cm³/mol. The molecule has 0 aliphatic rings. The van der Waals surface area contributed by atoms with Gasteiger partial charge in [-0.2, -0.15) is 8.78 Å². The lowest BCUT2D eigenvalue weighted by Gasteiger charge is -2.18. The largest absolute Gasteiger partial charge is 0.495 e. The minimum Gasteiger partial charge on any atom is -0.495 e. The Morgan fingerprint density at radius 2 is 1.86 bits per heavy atom. The third-order valence-electron chi connectivity index (χ3n) is 3.01. The van der Waals surface area contributed by atoms with Crippen molar-refractivity contribution in [3.05, 3.63) is 53.9 Å². The van der Waals surface area contributed by atoms with E-state index in [4.69, 9.17) is 4.74 Å². The minimum absolute atomic E-state index is 0.124. The molecule has 6 heteroatoms. The van der Waals surface area contributed by atoms with Gasteiger partial charge in [0.1, 0.15) is 11.5 Å². The number of benzene rings is 1. The van der Waals surface area contributed by atoms with Gasteiger partial charge in [0.25, 0.3) is 0 Å². The molecule has 1 N–H and O–H groups in total. The van der Waals surface area contributed by atoms with Gasteiger partial charge in [-0.3, -0.25) is 4.98 Å². The van der Waals surface area contributed by atoms with Crippen molar-refractivity contribution in [3.63, 3.8) is 0 Å². The summed E-state index contributed by atoms with van der Waals surface area (Å²) in [7, 11) is 3.34. The first kappa shape index (κ1) is 15.2. The Morgan fingerprint density at radius 1 is 1.10 bits per heavy atom. The first-order valence-corrected chi connectivity index (χ1v) is 6.35. The monoisotopic (exact) mass is 294 g/mol. The molecular formula is C15H16F2N2O2. The first-order chi connectivity index (χ1) is 10.1. The summed E-state index contributed by atoms with van der Waals surface area (Å²) >= 11 is 0. The fraction of sp³-hybridized carbons (Fsp3) is 0.267. The zero-order chi connectivity index (χ0) is 15.2. The third kappa shape index (κ3) is 3.88. The van der Waals surface area contributed by atoms with E-state index in [0.29, 0.717) is 5.75 Å². The smallest absolute Gasteiger partial charge is 0.387 e. The minimum atomic E-state index is -2.84. The molecule has 4 nitrogen and oxygen atoms in total. The molecule has 0 spiro atoms. The number of rotatable bonds is 6. The number of methoxy groups -OCH3 is 1. The molecule has 1 atom stereocenters. The number of nitrogens with zero attached hydrogens (tertiary/aromatic N) is 1. The quantitative estimate of drug-likeness (QED) is 0.889. The van der Waals surface area contributed by atoms with Crippen molar-refractivity contribution in [2.24, 2.45) is 0 Å². The van der Waals surface area contributed by atoms with Crippen LogP contribution in [0.25, 0.3) is 0 Å². The lowest BCUT2D eigenvalue weighted by molar-refractivity contribution is -0.0498. The van der Waals surface area contributed by atoms with Crippen LogP contribution < -0.4 is 14.8 Å². The molecule has 0 bridgehead atoms. The number of pyridine rings is 1. The molecule has 0 fully saturated rings. The SMILES string of the molecule is CNC(c1cncc(OC)c1)c1cccc(OC(F)F)c1. The molecule has 0 aliphatic heterocycles. The number of nitrogens with one attached hydrogen (secondary N) is 1. The van der Waals surface area contributed by atoms with Gasteiger partial charge in [0.2, 0.25) is 0 Å². The summed E-state index contributed by atoms with van der Waals surface area (Å²) in [6.45, 7) is -2.84. The maximum absolute atomic E-state index is 12.3. The average molecular weight is 294 g/mol. The lowest BCUT2D eigenvalue weighted by atomic mass is 10.00. The van der Waals surface area contributed by atoms with Crippen LogP contribution in [0.1, 0.15) is 17.2 Å². The van der Waals surface area contributed by atoms with Gasteiger partial charge in [0, 0.05) is 6.20 Å². The van der Waals surface area contributed by atoms with Crippen LogP contribution in [0.5, 0.6) is 11.5 Å². The van der Waals surface area contributed by atoms with E-state index in [1.807, 2.05) is 12.1 Å². The molecule has 1 unspecified atom stereocenters. The van der Waals surface area contributed by atoms with Gasteiger partial charge in [-0.1, -0.05) is 12.1 Å². The predicted octanol–water partition coefficient (Wildman–Crippen LogP) is 3.00. The zero-order valence-corrected chi connectivity index (χ0v) is 11.7. The highest BCUT2D eigenvalue weighted by molar-refractivity contribution is 5.37. The van der Waals surface area contributed by atoms with Crippen molar-refractivity contribution < 1.29 is 18.3 Å². The van der Waals surface area contributed by atoms with Crippen LogP contribution in [0.15, 0.2) is 42.7 Å². The molecule has 0 saturated carbocycles. The standard InChI is InChI=1S/C15H16F2N2O2/c1-18-14(11-7-13(20-2)9-19-8-11)10-4-3-5-12(6-10)21-15(16)17/h3-9,14-15,18H,1-2H3. The Balaban J connectivity index is 2.32. The molecule has 0 aliphatic carbocycles. The van der Waals surface area contributed by atoms with Crippen LogP contribution in [0, 0.1) is 0 Å². The second-order valence-corrected chi connectivity index (χ2v) is 4.33. The van der Waals surface area contributed by atoms with Crippen molar-refractivity contribution in [3.8, 4) is 11.5 Å². The van der Waals surface area contributed by atoms with E-state index in [0.717, 1.165) is 11.1 Å². The van der Waals surface area contributed by atoms with Gasteiger partial charge in [0.15, 0.2) is 0 Å². The molecule has 0 amide bonds. The summed E-state index contributed by atoms with van der Waals surface area (Å²) in [5, 5.41) is 3.13. The van der Waals surface area contributed by atoms with Gasteiger partial charge in [-0.15, -0.1) is 0 Å². The summed E-state index contributed by atoms with van der Waals surface area (Å²) in [5.41, 5.74) is 1.66. The highest BCUT2D eigenvalue weighted by Crippen LogP contribution is 2.27. The maximum Gasteiger partial charge on any atom is 0.387 e. The molecule has 0 radical (unpaired) electrons. The van der Waals surface area contributed by atoms with Crippen LogP contribution in [0.2, 0.25) is 0 Å². The van der Waals surface area contributed by atoms with Gasteiger partial charge < -0.3 is 14.8 Å². The molecular weight excluding hydrogens is 278 g/mol. The highest BCUT2D eigenvalue weighted by Gasteiger charge is 2.15. The molecule has 1 heterocycles. The Hall–Kier alpha value is -2.21. The Morgan fingerprint density at radius 3 is 2.52 bits per heavy atom. The molecule has 2 rings (SSSR count). The molecule has 1 aromatic carbocycles. The molecule has 2 aromatic rings. The molecule has 0 saturated heterocycles. The number of aromatic nitrogens is 1. The summed E-state index contributed by atoms with van der Waals surface area (Å²) in [5.74, 6) is 0.756. The van der Waals surface area contributed by atoms with Crippen LogP contribution >= 0.6 is 0 Å². The normalized spacial score (nSPS) is 12.2. The number of ether oxygens (including phenoxy) is 2. The summed E-state index contributed by atoms with van der Waals surface area (Å²) in [4.78, 5) is 4.10. The van der Waals surface area contributed by atoms with E-state index in [2.05, 4.69) is 15.0 Å². The summed E-state index contributed by atoms with van der Waals surface area (Å²) in [6.07, 6.45) is 3.30. The summed E-state index contributed by atoms with van der Waals surface area (Å²) < 4.78 is 34.2. The van der Waals surface area contributed by atoms with E-state index < -0.39 is 6.61 Å². The maximum atomic E-state index is 12.3. The molecule has 21 heavy (non-hydrogen) atoms. The fourth-order valence-corrected chi connectivity index (χ4v) is 2.10. The van der Waals surface area contributed by atoms with E-state index in [1.54, 1.807) is 38.7 Å². The Kier molecular flexibility index (Phi) is 5.05. The lowest BCUT2D eigenvalue weighted by Crippen LogP contribution is -2.18. The van der Waals surface area contributed by atoms with E-state index in [9.17, 15) is 8.78 Å². The average Bonchev–Trinajstić information content (AvgIpc) is 2.48. The van der Waals surface area contributed by atoms with Crippen molar-refractivity contribution in [1.82, 2.24) is 10.3 Å². The Labute approximate surface area is 121 Å². The van der Waals surface area contributed by atoms with Gasteiger partial charge in [-0.25, -0.2) is 0 Å². The van der Waals surface area contributed by atoms with Crippen molar-refractivity contribution >= 4 is 0 Å². The number of halogens is 2. The van der Waals surface area contributed by atoms with Crippen molar-refractivity contribution in [2.45, 2.75) is 12.7 Å². The second kappa shape index (κ2) is 6.99. The van der Waals surface area contributed by atoms with Crippen LogP contribution in [0.4, 0.5) is 8.78 Å². The van der Waals surface area contributed by atoms with Crippen LogP contribution in [-0.4, -0.2) is 25.8 Å². The Bertz CT molecular complexity index is 593. The van der Waals surface area contributed by atoms with Crippen LogP contribution in [-0.2, 0) is 0 Å². The van der Waals surface area contributed by atoms with E-state index in [1.165, 1.54) is 6.07 Å².